The number of rotatable bonds is 5. The van der Waals surface area contributed by atoms with Crippen LogP contribution in [0.3, 0.4) is 0 Å². The molecule has 2 heterocycles. The summed E-state index contributed by atoms with van der Waals surface area (Å²) in [7, 11) is 1.58. The summed E-state index contributed by atoms with van der Waals surface area (Å²) in [5.41, 5.74) is 1.24. The highest BCUT2D eigenvalue weighted by Crippen LogP contribution is 2.23. The maximum atomic E-state index is 12.8. The van der Waals surface area contributed by atoms with Crippen LogP contribution >= 0.6 is 11.3 Å². The fourth-order valence-electron chi connectivity index (χ4n) is 3.24. The summed E-state index contributed by atoms with van der Waals surface area (Å²) in [5, 5.41) is 4.58. The molecule has 3 amide bonds. The fourth-order valence-corrected chi connectivity index (χ4v) is 3.92. The molecule has 0 spiro atoms. The van der Waals surface area contributed by atoms with Crippen LogP contribution in [0.2, 0.25) is 0 Å². The predicted molar refractivity (Wildman–Crippen MR) is 109 cm³/mol. The normalized spacial score (nSPS) is 15.7. The number of likely N-dealkylation sites (tertiary alicyclic amines) is 1. The third kappa shape index (κ3) is 4.41. The zero-order chi connectivity index (χ0) is 20.1. The molecule has 1 aliphatic heterocycles. The summed E-state index contributed by atoms with van der Waals surface area (Å²) in [5.74, 6) is 1.83. The molecule has 1 saturated heterocycles. The van der Waals surface area contributed by atoms with Gasteiger partial charge in [-0.2, -0.15) is 0 Å². The molecule has 1 N–H and O–H groups in total. The molecule has 1 aromatic carbocycles. The first-order valence-electron chi connectivity index (χ1n) is 8.95. The Bertz CT molecular complexity index is 917. The quantitative estimate of drug-likeness (QED) is 0.791. The zero-order valence-electron chi connectivity index (χ0n) is 15.6. The molecular formula is C21H21N3O3S. The lowest BCUT2D eigenvalue weighted by atomic mass is 10.2. The molecule has 1 atom stereocenters. The van der Waals surface area contributed by atoms with E-state index in [0.717, 1.165) is 6.42 Å². The Hall–Kier alpha value is -3.11. The smallest absolute Gasteiger partial charge is 0.264 e. The number of hydrogen-bond donors (Lipinski definition) is 1. The molecule has 144 valence electrons. The van der Waals surface area contributed by atoms with Crippen molar-refractivity contribution in [1.82, 2.24) is 9.80 Å². The zero-order valence-corrected chi connectivity index (χ0v) is 16.4. The van der Waals surface area contributed by atoms with E-state index in [0.29, 0.717) is 29.1 Å². The number of carbonyl (C=O) groups excluding carboxylic acids is 3. The maximum absolute atomic E-state index is 12.8. The van der Waals surface area contributed by atoms with Crippen LogP contribution in [0.5, 0.6) is 0 Å². The van der Waals surface area contributed by atoms with Crippen molar-refractivity contribution in [3.05, 3.63) is 52.2 Å². The summed E-state index contributed by atoms with van der Waals surface area (Å²) >= 11 is 1.36. The minimum atomic E-state index is -0.530. The highest BCUT2D eigenvalue weighted by Gasteiger charge is 2.36. The number of benzene rings is 1. The number of hydrogen-bond acceptors (Lipinski definition) is 4. The first kappa shape index (κ1) is 19.6. The lowest BCUT2D eigenvalue weighted by Gasteiger charge is -2.27. The van der Waals surface area contributed by atoms with E-state index in [1.165, 1.54) is 16.2 Å². The third-order valence-electron chi connectivity index (χ3n) is 4.60. The molecule has 2 aromatic rings. The molecule has 28 heavy (non-hydrogen) atoms. The van der Waals surface area contributed by atoms with Gasteiger partial charge in [-0.25, -0.2) is 0 Å². The van der Waals surface area contributed by atoms with Gasteiger partial charge in [0.05, 0.1) is 11.4 Å². The minimum absolute atomic E-state index is 0.101. The highest BCUT2D eigenvalue weighted by atomic mass is 32.1. The van der Waals surface area contributed by atoms with Crippen LogP contribution < -0.4 is 5.32 Å². The Morgan fingerprint density at radius 3 is 2.86 bits per heavy atom. The van der Waals surface area contributed by atoms with E-state index in [4.69, 9.17) is 6.42 Å². The van der Waals surface area contributed by atoms with E-state index in [9.17, 15) is 14.4 Å². The number of thiophene rings is 1. The Balaban J connectivity index is 1.61. The van der Waals surface area contributed by atoms with Crippen LogP contribution in [-0.2, 0) is 9.59 Å². The molecular weight excluding hydrogens is 374 g/mol. The van der Waals surface area contributed by atoms with Gasteiger partial charge in [-0.15, -0.1) is 17.8 Å². The standard InChI is InChI=1S/C21H21N3O3S/c1-3-15-7-4-8-16(13-15)22-19(25)14-23(2)20(26)17-9-5-11-24(17)21(27)18-10-6-12-28-18/h1,4,6-8,10,12-13,17H,5,9,11,14H2,2H3,(H,22,25)/t17-/m0/s1. The molecule has 1 aromatic heterocycles. The molecule has 0 aliphatic carbocycles. The van der Waals surface area contributed by atoms with Gasteiger partial charge in [0, 0.05) is 24.8 Å². The first-order chi connectivity index (χ1) is 13.5. The molecule has 0 radical (unpaired) electrons. The van der Waals surface area contributed by atoms with Gasteiger partial charge in [0.15, 0.2) is 0 Å². The van der Waals surface area contributed by atoms with Crippen molar-refractivity contribution in [2.24, 2.45) is 0 Å². The van der Waals surface area contributed by atoms with E-state index in [1.54, 1.807) is 42.3 Å². The molecule has 1 fully saturated rings. The van der Waals surface area contributed by atoms with E-state index < -0.39 is 6.04 Å². The molecule has 7 heteroatoms. The predicted octanol–water partition coefficient (Wildman–Crippen LogP) is 2.43. The van der Waals surface area contributed by atoms with Gasteiger partial charge in [-0.3, -0.25) is 14.4 Å². The van der Waals surface area contributed by atoms with E-state index >= 15 is 0 Å². The lowest BCUT2D eigenvalue weighted by Crippen LogP contribution is -2.48. The van der Waals surface area contributed by atoms with Crippen LogP contribution in [-0.4, -0.2) is 53.7 Å². The second-order valence-corrected chi connectivity index (χ2v) is 7.55. The second-order valence-electron chi connectivity index (χ2n) is 6.60. The number of carbonyl (C=O) groups is 3. The molecule has 0 unspecified atom stereocenters. The summed E-state index contributed by atoms with van der Waals surface area (Å²) in [4.78, 5) is 41.4. The van der Waals surface area contributed by atoms with Crippen LogP contribution in [0.1, 0.15) is 28.1 Å². The van der Waals surface area contributed by atoms with Gasteiger partial charge in [-0.1, -0.05) is 18.1 Å². The van der Waals surface area contributed by atoms with Crippen molar-refractivity contribution in [2.75, 3.05) is 25.5 Å². The first-order valence-corrected chi connectivity index (χ1v) is 9.83. The minimum Gasteiger partial charge on any atom is -0.335 e. The Morgan fingerprint density at radius 1 is 1.32 bits per heavy atom. The van der Waals surface area contributed by atoms with E-state index in [-0.39, 0.29) is 24.3 Å². The lowest BCUT2D eigenvalue weighted by molar-refractivity contribution is -0.136. The Labute approximate surface area is 168 Å². The summed E-state index contributed by atoms with van der Waals surface area (Å²) < 4.78 is 0. The van der Waals surface area contributed by atoms with Gasteiger partial charge >= 0.3 is 0 Å². The summed E-state index contributed by atoms with van der Waals surface area (Å²) in [6.07, 6.45) is 6.74. The van der Waals surface area contributed by atoms with Crippen LogP contribution in [0, 0.1) is 12.3 Å². The molecule has 0 bridgehead atoms. The molecule has 1 aliphatic rings. The van der Waals surface area contributed by atoms with E-state index in [1.807, 2.05) is 11.4 Å². The number of amides is 3. The van der Waals surface area contributed by atoms with Crippen molar-refractivity contribution in [3.8, 4) is 12.3 Å². The SMILES string of the molecule is C#Cc1cccc(NC(=O)CN(C)C(=O)[C@@H]2CCCN2C(=O)c2cccs2)c1. The number of anilines is 1. The summed E-state index contributed by atoms with van der Waals surface area (Å²) in [6.45, 7) is 0.447. The average Bonchev–Trinajstić information content (AvgIpc) is 3.38. The second kappa shape index (κ2) is 8.72. The highest BCUT2D eigenvalue weighted by molar-refractivity contribution is 7.12. The Morgan fingerprint density at radius 2 is 2.14 bits per heavy atom. The maximum Gasteiger partial charge on any atom is 0.264 e. The number of likely N-dealkylation sites (N-methyl/N-ethyl adjacent to an activating group) is 1. The summed E-state index contributed by atoms with van der Waals surface area (Å²) in [6, 6.07) is 10.00. The van der Waals surface area contributed by atoms with E-state index in [2.05, 4.69) is 11.2 Å². The van der Waals surface area contributed by atoms with Crippen molar-refractivity contribution in [2.45, 2.75) is 18.9 Å². The number of nitrogens with zero attached hydrogens (tertiary/aromatic N) is 2. The van der Waals surface area contributed by atoms with Crippen molar-refractivity contribution >= 4 is 34.7 Å². The third-order valence-corrected chi connectivity index (χ3v) is 5.46. The van der Waals surface area contributed by atoms with Gasteiger partial charge in [-0.05, 0) is 42.5 Å². The van der Waals surface area contributed by atoms with Crippen LogP contribution in [0.15, 0.2) is 41.8 Å². The number of terminal acetylenes is 1. The number of nitrogens with one attached hydrogen (secondary N) is 1. The largest absolute Gasteiger partial charge is 0.335 e. The van der Waals surface area contributed by atoms with Gasteiger partial charge < -0.3 is 15.1 Å². The molecule has 6 nitrogen and oxygen atoms in total. The topological polar surface area (TPSA) is 69.7 Å². The Kier molecular flexibility index (Phi) is 6.12. The van der Waals surface area contributed by atoms with Gasteiger partial charge in [0.1, 0.15) is 6.04 Å². The molecule has 3 rings (SSSR count). The van der Waals surface area contributed by atoms with Crippen molar-refractivity contribution in [3.63, 3.8) is 0 Å². The van der Waals surface area contributed by atoms with Crippen LogP contribution in [0.4, 0.5) is 5.69 Å². The van der Waals surface area contributed by atoms with Crippen LogP contribution in [0.25, 0.3) is 0 Å². The monoisotopic (exact) mass is 395 g/mol. The van der Waals surface area contributed by atoms with Gasteiger partial charge in [0.25, 0.3) is 5.91 Å². The van der Waals surface area contributed by atoms with Crippen molar-refractivity contribution in [1.29, 1.82) is 0 Å². The van der Waals surface area contributed by atoms with Crippen molar-refractivity contribution < 1.29 is 14.4 Å². The molecule has 0 saturated carbocycles. The van der Waals surface area contributed by atoms with Gasteiger partial charge in [0.2, 0.25) is 11.8 Å². The average molecular weight is 395 g/mol. The fraction of sp³-hybridized carbons (Fsp3) is 0.286.